The number of carbonyl (C=O) groups excluding carboxylic acids is 1. The summed E-state index contributed by atoms with van der Waals surface area (Å²) < 4.78 is 2.02. The number of aromatic nitrogens is 1. The first-order valence-corrected chi connectivity index (χ1v) is 7.35. The molecule has 0 aromatic carbocycles. The minimum atomic E-state index is 0.0394. The fourth-order valence-electron chi connectivity index (χ4n) is 3.62. The summed E-state index contributed by atoms with van der Waals surface area (Å²) in [4.78, 5) is 12.4. The van der Waals surface area contributed by atoms with Gasteiger partial charge in [0.15, 0.2) is 0 Å². The Morgan fingerprint density at radius 2 is 2.25 bits per heavy atom. The van der Waals surface area contributed by atoms with E-state index in [4.69, 9.17) is 0 Å². The van der Waals surface area contributed by atoms with Crippen LogP contribution in [0.1, 0.15) is 35.2 Å². The fourth-order valence-corrected chi connectivity index (χ4v) is 3.62. The van der Waals surface area contributed by atoms with Crippen LogP contribution in [-0.2, 0) is 0 Å². The third-order valence-corrected chi connectivity index (χ3v) is 4.75. The second kappa shape index (κ2) is 4.35. The lowest BCUT2D eigenvalue weighted by molar-refractivity contribution is 0.0930. The van der Waals surface area contributed by atoms with Crippen LogP contribution >= 0.6 is 0 Å². The zero-order chi connectivity index (χ0) is 13.7. The van der Waals surface area contributed by atoms with E-state index < -0.39 is 0 Å². The van der Waals surface area contributed by atoms with Crippen LogP contribution in [0.5, 0.6) is 0 Å². The molecule has 2 aliphatic heterocycles. The van der Waals surface area contributed by atoms with E-state index in [0.717, 1.165) is 17.5 Å². The van der Waals surface area contributed by atoms with Crippen LogP contribution in [0.25, 0.3) is 5.52 Å². The first-order valence-electron chi connectivity index (χ1n) is 7.35. The van der Waals surface area contributed by atoms with Crippen molar-refractivity contribution in [3.63, 3.8) is 0 Å². The van der Waals surface area contributed by atoms with Crippen LogP contribution in [0.2, 0.25) is 0 Å². The lowest BCUT2D eigenvalue weighted by Gasteiger charge is -2.21. The smallest absolute Gasteiger partial charge is 0.253 e. The van der Waals surface area contributed by atoms with Crippen molar-refractivity contribution < 1.29 is 4.79 Å². The number of hydrogen-bond acceptors (Lipinski definition) is 2. The molecular formula is C16H19N3O. The van der Waals surface area contributed by atoms with Crippen LogP contribution in [0, 0.1) is 6.92 Å². The van der Waals surface area contributed by atoms with Crippen molar-refractivity contribution >= 4 is 11.4 Å². The van der Waals surface area contributed by atoms with Gasteiger partial charge >= 0.3 is 0 Å². The van der Waals surface area contributed by atoms with Gasteiger partial charge in [0.05, 0.1) is 5.56 Å². The molecule has 4 heteroatoms. The number of hydrogen-bond donors (Lipinski definition) is 2. The molecule has 2 saturated heterocycles. The van der Waals surface area contributed by atoms with E-state index in [2.05, 4.69) is 23.6 Å². The number of carbonyl (C=O) groups is 1. The molecule has 0 radical (unpaired) electrons. The SMILES string of the molecule is Cc1ccn2cc(C(=O)NC3CC4CCC3N4)ccc12. The Kier molecular flexibility index (Phi) is 2.60. The first-order chi connectivity index (χ1) is 9.70. The molecule has 2 fully saturated rings. The summed E-state index contributed by atoms with van der Waals surface area (Å²) >= 11 is 0. The Bertz CT molecular complexity index is 675. The van der Waals surface area contributed by atoms with E-state index in [9.17, 15) is 4.79 Å². The molecule has 3 atom stereocenters. The number of amides is 1. The molecule has 20 heavy (non-hydrogen) atoms. The topological polar surface area (TPSA) is 45.5 Å². The molecule has 0 saturated carbocycles. The van der Waals surface area contributed by atoms with Crippen molar-refractivity contribution in [2.75, 3.05) is 0 Å². The highest BCUT2D eigenvalue weighted by Crippen LogP contribution is 2.28. The van der Waals surface area contributed by atoms with Gasteiger partial charge in [-0.15, -0.1) is 0 Å². The molecule has 0 spiro atoms. The van der Waals surface area contributed by atoms with Gasteiger partial charge in [0.2, 0.25) is 0 Å². The molecule has 0 aliphatic carbocycles. The Balaban J connectivity index is 1.54. The molecule has 2 aliphatic rings. The van der Waals surface area contributed by atoms with Crippen molar-refractivity contribution in [3.8, 4) is 0 Å². The molecular weight excluding hydrogens is 250 g/mol. The highest BCUT2D eigenvalue weighted by molar-refractivity contribution is 5.94. The number of pyridine rings is 1. The minimum Gasteiger partial charge on any atom is -0.348 e. The largest absolute Gasteiger partial charge is 0.348 e. The zero-order valence-corrected chi connectivity index (χ0v) is 11.6. The summed E-state index contributed by atoms with van der Waals surface area (Å²) in [7, 11) is 0. The molecule has 4 rings (SSSR count). The quantitative estimate of drug-likeness (QED) is 0.874. The maximum atomic E-state index is 12.4. The average molecular weight is 269 g/mol. The van der Waals surface area contributed by atoms with Gasteiger partial charge in [-0.2, -0.15) is 0 Å². The van der Waals surface area contributed by atoms with Gasteiger partial charge in [-0.1, -0.05) is 0 Å². The van der Waals surface area contributed by atoms with E-state index in [1.807, 2.05) is 28.9 Å². The Morgan fingerprint density at radius 1 is 1.35 bits per heavy atom. The molecule has 2 aromatic heterocycles. The predicted octanol–water partition coefficient (Wildman–Crippen LogP) is 1.87. The summed E-state index contributed by atoms with van der Waals surface area (Å²) in [6.45, 7) is 2.08. The minimum absolute atomic E-state index is 0.0394. The normalized spacial score (nSPS) is 28.1. The molecule has 4 heterocycles. The van der Waals surface area contributed by atoms with E-state index in [1.54, 1.807) is 0 Å². The first kappa shape index (κ1) is 12.0. The van der Waals surface area contributed by atoms with Gasteiger partial charge in [-0.3, -0.25) is 4.79 Å². The molecule has 2 bridgehead atoms. The lowest BCUT2D eigenvalue weighted by atomic mass is 9.95. The summed E-state index contributed by atoms with van der Waals surface area (Å²) in [6.07, 6.45) is 7.43. The highest BCUT2D eigenvalue weighted by Gasteiger charge is 2.39. The summed E-state index contributed by atoms with van der Waals surface area (Å²) in [5, 5.41) is 6.73. The highest BCUT2D eigenvalue weighted by atomic mass is 16.1. The van der Waals surface area contributed by atoms with Crippen molar-refractivity contribution in [1.82, 2.24) is 15.0 Å². The second-order valence-electron chi connectivity index (χ2n) is 6.07. The second-order valence-corrected chi connectivity index (χ2v) is 6.07. The number of rotatable bonds is 2. The summed E-state index contributed by atoms with van der Waals surface area (Å²) in [6, 6.07) is 7.38. The van der Waals surface area contributed by atoms with Crippen molar-refractivity contribution in [3.05, 3.63) is 41.7 Å². The fraction of sp³-hybridized carbons (Fsp3) is 0.438. The third kappa shape index (κ3) is 1.83. The maximum absolute atomic E-state index is 12.4. The molecule has 1 amide bonds. The molecule has 2 N–H and O–H groups in total. The third-order valence-electron chi connectivity index (χ3n) is 4.75. The summed E-state index contributed by atoms with van der Waals surface area (Å²) in [5.41, 5.74) is 3.12. The average Bonchev–Trinajstić information content (AvgIpc) is 3.14. The molecule has 4 nitrogen and oxygen atoms in total. The zero-order valence-electron chi connectivity index (χ0n) is 11.6. The maximum Gasteiger partial charge on any atom is 0.253 e. The van der Waals surface area contributed by atoms with Crippen molar-refractivity contribution in [1.29, 1.82) is 0 Å². The number of nitrogens with zero attached hydrogens (tertiary/aromatic N) is 1. The van der Waals surface area contributed by atoms with Gasteiger partial charge in [0.1, 0.15) is 0 Å². The number of aryl methyl sites for hydroxylation is 1. The molecule has 2 aromatic rings. The number of nitrogens with one attached hydrogen (secondary N) is 2. The van der Waals surface area contributed by atoms with Gasteiger partial charge < -0.3 is 15.0 Å². The number of fused-ring (bicyclic) bond motifs is 3. The van der Waals surface area contributed by atoms with E-state index in [-0.39, 0.29) is 5.91 Å². The standard InChI is InChI=1S/C16H19N3O/c1-10-6-7-19-9-11(2-5-15(10)19)16(20)18-14-8-12-3-4-13(14)17-12/h2,5-7,9,12-14,17H,3-4,8H2,1H3,(H,18,20). The summed E-state index contributed by atoms with van der Waals surface area (Å²) in [5.74, 6) is 0.0394. The van der Waals surface area contributed by atoms with Crippen LogP contribution < -0.4 is 10.6 Å². The molecule has 104 valence electrons. The van der Waals surface area contributed by atoms with E-state index in [1.165, 1.54) is 18.4 Å². The van der Waals surface area contributed by atoms with Crippen LogP contribution in [-0.4, -0.2) is 28.4 Å². The van der Waals surface area contributed by atoms with Gasteiger partial charge in [0, 0.05) is 36.0 Å². The van der Waals surface area contributed by atoms with Crippen LogP contribution in [0.15, 0.2) is 30.6 Å². The molecule has 3 unspecified atom stereocenters. The van der Waals surface area contributed by atoms with Gasteiger partial charge in [-0.25, -0.2) is 0 Å². The van der Waals surface area contributed by atoms with E-state index in [0.29, 0.717) is 18.1 Å². The Labute approximate surface area is 118 Å². The predicted molar refractivity (Wildman–Crippen MR) is 78.0 cm³/mol. The van der Waals surface area contributed by atoms with E-state index >= 15 is 0 Å². The van der Waals surface area contributed by atoms with Crippen molar-refractivity contribution in [2.24, 2.45) is 0 Å². The Hall–Kier alpha value is -1.81. The van der Waals surface area contributed by atoms with Crippen LogP contribution in [0.4, 0.5) is 0 Å². The monoisotopic (exact) mass is 269 g/mol. The van der Waals surface area contributed by atoms with Gasteiger partial charge in [0.25, 0.3) is 5.91 Å². The lowest BCUT2D eigenvalue weighted by Crippen LogP contribution is -2.42. The van der Waals surface area contributed by atoms with Gasteiger partial charge in [-0.05, 0) is 49.9 Å². The Morgan fingerprint density at radius 3 is 3.00 bits per heavy atom. The van der Waals surface area contributed by atoms with Crippen molar-refractivity contribution in [2.45, 2.75) is 44.3 Å². The van der Waals surface area contributed by atoms with Crippen LogP contribution in [0.3, 0.4) is 0 Å².